The fourth-order valence-corrected chi connectivity index (χ4v) is 1.62. The first kappa shape index (κ1) is 8.65. The minimum atomic E-state index is 0.112. The van der Waals surface area contributed by atoms with Crippen molar-refractivity contribution in [1.82, 2.24) is 20.3 Å². The maximum atomic E-state index is 8.69. The number of hydrogen-bond acceptors (Lipinski definition) is 4. The summed E-state index contributed by atoms with van der Waals surface area (Å²) in [6.45, 7) is 1.71. The molecule has 5 heteroatoms. The lowest BCUT2D eigenvalue weighted by molar-refractivity contribution is 0.268. The van der Waals surface area contributed by atoms with Gasteiger partial charge in [-0.15, -0.1) is 5.10 Å². The number of hydrogen-bond donors (Lipinski definition) is 2. The SMILES string of the molecule is OCCn1cc(C2CCCN2)nn1. The third kappa shape index (κ3) is 1.87. The highest BCUT2D eigenvalue weighted by Gasteiger charge is 2.18. The van der Waals surface area contributed by atoms with Crippen LogP contribution in [-0.4, -0.2) is 33.3 Å². The fourth-order valence-electron chi connectivity index (χ4n) is 1.62. The van der Waals surface area contributed by atoms with E-state index in [1.165, 1.54) is 6.42 Å². The van der Waals surface area contributed by atoms with Gasteiger partial charge in [-0.25, -0.2) is 4.68 Å². The quantitative estimate of drug-likeness (QED) is 0.673. The highest BCUT2D eigenvalue weighted by Crippen LogP contribution is 2.20. The molecule has 0 saturated carbocycles. The predicted octanol–water partition coefficient (Wildman–Crippen LogP) is -0.305. The van der Waals surface area contributed by atoms with Gasteiger partial charge in [-0.3, -0.25) is 0 Å². The van der Waals surface area contributed by atoms with Crippen LogP contribution in [0.2, 0.25) is 0 Å². The molecular formula is C8H14N4O. The van der Waals surface area contributed by atoms with Crippen molar-refractivity contribution >= 4 is 0 Å². The number of aromatic nitrogens is 3. The monoisotopic (exact) mass is 182 g/mol. The molecule has 1 atom stereocenters. The smallest absolute Gasteiger partial charge is 0.0996 e. The van der Waals surface area contributed by atoms with E-state index < -0.39 is 0 Å². The topological polar surface area (TPSA) is 63.0 Å². The van der Waals surface area contributed by atoms with Crippen LogP contribution in [0.4, 0.5) is 0 Å². The van der Waals surface area contributed by atoms with Crippen LogP contribution in [0.3, 0.4) is 0 Å². The summed E-state index contributed by atoms with van der Waals surface area (Å²) in [5, 5.41) is 20.0. The summed E-state index contributed by atoms with van der Waals surface area (Å²) in [4.78, 5) is 0. The molecular weight excluding hydrogens is 168 g/mol. The van der Waals surface area contributed by atoms with Gasteiger partial charge in [0.15, 0.2) is 0 Å². The van der Waals surface area contributed by atoms with E-state index in [0.717, 1.165) is 18.7 Å². The fraction of sp³-hybridized carbons (Fsp3) is 0.750. The van der Waals surface area contributed by atoms with E-state index in [9.17, 15) is 0 Å². The van der Waals surface area contributed by atoms with Crippen molar-refractivity contribution in [2.75, 3.05) is 13.2 Å². The molecule has 0 spiro atoms. The average Bonchev–Trinajstić information content (AvgIpc) is 2.70. The molecule has 1 aromatic heterocycles. The zero-order valence-electron chi connectivity index (χ0n) is 7.48. The van der Waals surface area contributed by atoms with Crippen molar-refractivity contribution < 1.29 is 5.11 Å². The van der Waals surface area contributed by atoms with Crippen LogP contribution >= 0.6 is 0 Å². The van der Waals surface area contributed by atoms with E-state index in [1.807, 2.05) is 6.20 Å². The van der Waals surface area contributed by atoms with Gasteiger partial charge in [-0.2, -0.15) is 0 Å². The Hall–Kier alpha value is -0.940. The van der Waals surface area contributed by atoms with Crippen molar-refractivity contribution in [3.05, 3.63) is 11.9 Å². The Balaban J connectivity index is 2.03. The average molecular weight is 182 g/mol. The lowest BCUT2D eigenvalue weighted by atomic mass is 10.2. The molecule has 13 heavy (non-hydrogen) atoms. The zero-order valence-corrected chi connectivity index (χ0v) is 7.48. The molecule has 2 heterocycles. The summed E-state index contributed by atoms with van der Waals surface area (Å²) in [6, 6.07) is 0.368. The largest absolute Gasteiger partial charge is 0.394 e. The molecule has 0 amide bonds. The summed E-state index contributed by atoms with van der Waals surface area (Å²) >= 11 is 0. The van der Waals surface area contributed by atoms with Gasteiger partial charge in [0, 0.05) is 0 Å². The molecule has 5 nitrogen and oxygen atoms in total. The van der Waals surface area contributed by atoms with Crippen LogP contribution in [0.25, 0.3) is 0 Å². The molecule has 2 N–H and O–H groups in total. The zero-order chi connectivity index (χ0) is 9.10. The number of nitrogens with zero attached hydrogens (tertiary/aromatic N) is 3. The van der Waals surface area contributed by atoms with Gasteiger partial charge in [0.2, 0.25) is 0 Å². The number of aliphatic hydroxyl groups is 1. The summed E-state index contributed by atoms with van der Waals surface area (Å²) in [6.07, 6.45) is 4.24. The van der Waals surface area contributed by atoms with Crippen LogP contribution in [0.15, 0.2) is 6.20 Å². The summed E-state index contributed by atoms with van der Waals surface area (Å²) in [5.41, 5.74) is 0.992. The van der Waals surface area contributed by atoms with Gasteiger partial charge in [0.05, 0.1) is 31.1 Å². The maximum absolute atomic E-state index is 8.69. The van der Waals surface area contributed by atoms with E-state index in [0.29, 0.717) is 12.6 Å². The molecule has 1 saturated heterocycles. The van der Waals surface area contributed by atoms with Gasteiger partial charge in [0.1, 0.15) is 0 Å². The first-order valence-electron chi connectivity index (χ1n) is 4.64. The Bertz CT molecular complexity index is 267. The standard InChI is InChI=1S/C8H14N4O/c13-5-4-12-6-8(10-11-12)7-2-1-3-9-7/h6-7,9,13H,1-5H2. The van der Waals surface area contributed by atoms with E-state index in [4.69, 9.17) is 5.11 Å². The van der Waals surface area contributed by atoms with Gasteiger partial charge in [-0.05, 0) is 19.4 Å². The van der Waals surface area contributed by atoms with Crippen LogP contribution in [0.5, 0.6) is 0 Å². The Morgan fingerprint density at radius 2 is 2.62 bits per heavy atom. The molecule has 1 aliphatic heterocycles. The third-order valence-electron chi connectivity index (χ3n) is 2.30. The Kier molecular flexibility index (Phi) is 2.56. The van der Waals surface area contributed by atoms with E-state index >= 15 is 0 Å². The molecule has 1 unspecified atom stereocenters. The second-order valence-electron chi connectivity index (χ2n) is 3.28. The van der Waals surface area contributed by atoms with Gasteiger partial charge >= 0.3 is 0 Å². The first-order chi connectivity index (χ1) is 6.40. The lowest BCUT2D eigenvalue weighted by Crippen LogP contribution is -2.13. The minimum Gasteiger partial charge on any atom is -0.394 e. The van der Waals surface area contributed by atoms with E-state index in [1.54, 1.807) is 4.68 Å². The maximum Gasteiger partial charge on any atom is 0.0996 e. The molecule has 0 aromatic carbocycles. The van der Waals surface area contributed by atoms with Gasteiger partial charge in [0.25, 0.3) is 0 Å². The van der Waals surface area contributed by atoms with Crippen LogP contribution in [-0.2, 0) is 6.54 Å². The Morgan fingerprint density at radius 1 is 1.69 bits per heavy atom. The third-order valence-corrected chi connectivity index (χ3v) is 2.30. The molecule has 0 aliphatic carbocycles. The molecule has 0 bridgehead atoms. The number of rotatable bonds is 3. The van der Waals surface area contributed by atoms with E-state index in [-0.39, 0.29) is 6.61 Å². The minimum absolute atomic E-state index is 0.112. The van der Waals surface area contributed by atoms with E-state index in [2.05, 4.69) is 15.6 Å². The Morgan fingerprint density at radius 3 is 3.31 bits per heavy atom. The van der Waals surface area contributed by atoms with Crippen molar-refractivity contribution in [2.24, 2.45) is 0 Å². The molecule has 2 rings (SSSR count). The molecule has 0 radical (unpaired) electrons. The summed E-state index contributed by atoms with van der Waals surface area (Å²) in [5.74, 6) is 0. The molecule has 72 valence electrons. The van der Waals surface area contributed by atoms with Crippen molar-refractivity contribution in [3.8, 4) is 0 Å². The first-order valence-corrected chi connectivity index (χ1v) is 4.64. The normalized spacial score (nSPS) is 22.4. The Labute approximate surface area is 76.8 Å². The van der Waals surface area contributed by atoms with Crippen molar-refractivity contribution in [3.63, 3.8) is 0 Å². The summed E-state index contributed by atoms with van der Waals surface area (Å²) in [7, 11) is 0. The summed E-state index contributed by atoms with van der Waals surface area (Å²) < 4.78 is 1.68. The van der Waals surface area contributed by atoms with Crippen LogP contribution < -0.4 is 5.32 Å². The second kappa shape index (κ2) is 3.85. The van der Waals surface area contributed by atoms with Crippen LogP contribution in [0, 0.1) is 0 Å². The highest BCUT2D eigenvalue weighted by atomic mass is 16.3. The number of aliphatic hydroxyl groups excluding tert-OH is 1. The van der Waals surface area contributed by atoms with Gasteiger partial charge in [-0.1, -0.05) is 5.21 Å². The van der Waals surface area contributed by atoms with Crippen molar-refractivity contribution in [1.29, 1.82) is 0 Å². The molecule has 1 aromatic rings. The van der Waals surface area contributed by atoms with Crippen LogP contribution in [0.1, 0.15) is 24.6 Å². The predicted molar refractivity (Wildman–Crippen MR) is 47.1 cm³/mol. The highest BCUT2D eigenvalue weighted by molar-refractivity contribution is 5.02. The number of nitrogens with one attached hydrogen (secondary N) is 1. The van der Waals surface area contributed by atoms with Gasteiger partial charge < -0.3 is 10.4 Å². The molecule has 1 fully saturated rings. The van der Waals surface area contributed by atoms with Crippen molar-refractivity contribution in [2.45, 2.75) is 25.4 Å². The molecule has 1 aliphatic rings. The second-order valence-corrected chi connectivity index (χ2v) is 3.28. The lowest BCUT2D eigenvalue weighted by Gasteiger charge is -2.03.